The second-order valence-electron chi connectivity index (χ2n) is 5.58. The van der Waals surface area contributed by atoms with Crippen molar-refractivity contribution in [3.63, 3.8) is 0 Å². The van der Waals surface area contributed by atoms with Gasteiger partial charge in [0.1, 0.15) is 0 Å². The van der Waals surface area contributed by atoms with Gasteiger partial charge in [-0.3, -0.25) is 0 Å². The maximum Gasteiger partial charge on any atom is 0.322 e. The second-order valence-corrected chi connectivity index (χ2v) is 5.58. The molecule has 1 atom stereocenters. The van der Waals surface area contributed by atoms with Crippen molar-refractivity contribution in [2.75, 3.05) is 5.32 Å². The second kappa shape index (κ2) is 5.90. The third kappa shape index (κ3) is 2.79. The molecule has 4 nitrogen and oxygen atoms in total. The van der Waals surface area contributed by atoms with Crippen LogP contribution in [0.25, 0.3) is 0 Å². The Morgan fingerprint density at radius 1 is 1.27 bits per heavy atom. The highest BCUT2D eigenvalue weighted by Crippen LogP contribution is 2.26. The van der Waals surface area contributed by atoms with Crippen LogP contribution in [0.4, 0.5) is 10.5 Å². The van der Waals surface area contributed by atoms with E-state index in [-0.39, 0.29) is 12.1 Å². The molecule has 0 spiro atoms. The van der Waals surface area contributed by atoms with Gasteiger partial charge in [0.25, 0.3) is 0 Å². The van der Waals surface area contributed by atoms with Crippen LogP contribution in [0.1, 0.15) is 23.6 Å². The molecule has 2 aromatic carbocycles. The highest BCUT2D eigenvalue weighted by Gasteiger charge is 2.26. The molecule has 0 fully saturated rings. The molecule has 1 heterocycles. The lowest BCUT2D eigenvalue weighted by Gasteiger charge is -2.34. The minimum Gasteiger partial charge on any atom is -0.317 e. The van der Waals surface area contributed by atoms with Gasteiger partial charge in [-0.05, 0) is 42.7 Å². The van der Waals surface area contributed by atoms with E-state index in [9.17, 15) is 4.79 Å². The summed E-state index contributed by atoms with van der Waals surface area (Å²) >= 11 is 0. The summed E-state index contributed by atoms with van der Waals surface area (Å²) < 4.78 is 0. The molecule has 110 valence electrons. The molecule has 1 unspecified atom stereocenters. The van der Waals surface area contributed by atoms with Gasteiger partial charge in [0.2, 0.25) is 0 Å². The normalized spacial score (nSPS) is 14.7. The molecule has 4 heteroatoms. The number of nitriles is 1. The Labute approximate surface area is 130 Å². The van der Waals surface area contributed by atoms with Gasteiger partial charge < -0.3 is 10.2 Å². The molecule has 0 saturated carbocycles. The van der Waals surface area contributed by atoms with E-state index in [2.05, 4.69) is 23.5 Å². The Balaban J connectivity index is 1.80. The summed E-state index contributed by atoms with van der Waals surface area (Å²) in [5.41, 5.74) is 3.61. The number of anilines is 1. The number of rotatable bonds is 3. The van der Waals surface area contributed by atoms with Crippen LogP contribution in [0, 0.1) is 11.3 Å². The van der Waals surface area contributed by atoms with Gasteiger partial charge in [-0.1, -0.05) is 30.3 Å². The van der Waals surface area contributed by atoms with Gasteiger partial charge in [-0.2, -0.15) is 5.26 Å². The number of fused-ring (bicyclic) bond motifs is 1. The lowest BCUT2D eigenvalue weighted by Crippen LogP contribution is -2.44. The zero-order valence-corrected chi connectivity index (χ0v) is 12.4. The maximum atomic E-state index is 12.3. The molecule has 22 heavy (non-hydrogen) atoms. The molecule has 0 aromatic heterocycles. The summed E-state index contributed by atoms with van der Waals surface area (Å²) in [4.78, 5) is 14.1. The predicted molar refractivity (Wildman–Crippen MR) is 85.3 cm³/mol. The van der Waals surface area contributed by atoms with Gasteiger partial charge in [0.15, 0.2) is 0 Å². The maximum absolute atomic E-state index is 12.3. The fourth-order valence-electron chi connectivity index (χ4n) is 2.78. The van der Waals surface area contributed by atoms with E-state index in [0.717, 1.165) is 17.7 Å². The summed E-state index contributed by atoms with van der Waals surface area (Å²) in [5, 5.41) is 11.9. The van der Waals surface area contributed by atoms with Crippen molar-refractivity contribution < 1.29 is 4.79 Å². The van der Waals surface area contributed by atoms with Crippen LogP contribution in [0.3, 0.4) is 0 Å². The average Bonchev–Trinajstić information content (AvgIpc) is 2.54. The van der Waals surface area contributed by atoms with Crippen molar-refractivity contribution in [1.29, 1.82) is 5.26 Å². The lowest BCUT2D eigenvalue weighted by atomic mass is 10.0. The van der Waals surface area contributed by atoms with Crippen molar-refractivity contribution in [2.45, 2.75) is 25.9 Å². The smallest absolute Gasteiger partial charge is 0.317 e. The number of carbonyl (C=O) groups excluding carboxylic acids is 1. The van der Waals surface area contributed by atoms with E-state index in [1.807, 2.05) is 36.1 Å². The summed E-state index contributed by atoms with van der Waals surface area (Å²) in [6.07, 6.45) is 0.807. The van der Waals surface area contributed by atoms with Crippen LogP contribution < -0.4 is 5.32 Å². The molecule has 0 radical (unpaired) electrons. The molecule has 1 N–H and O–H groups in total. The zero-order chi connectivity index (χ0) is 15.5. The Hall–Kier alpha value is -2.80. The highest BCUT2D eigenvalue weighted by molar-refractivity contribution is 5.92. The van der Waals surface area contributed by atoms with Crippen LogP contribution in [0.5, 0.6) is 0 Å². The number of hydrogen-bond donors (Lipinski definition) is 1. The van der Waals surface area contributed by atoms with Gasteiger partial charge in [-0.15, -0.1) is 0 Å². The van der Waals surface area contributed by atoms with Gasteiger partial charge >= 0.3 is 6.03 Å². The third-order valence-electron chi connectivity index (χ3n) is 3.98. The summed E-state index contributed by atoms with van der Waals surface area (Å²) in [5.74, 6) is 0. The quantitative estimate of drug-likeness (QED) is 0.940. The first-order valence-electron chi connectivity index (χ1n) is 7.32. The van der Waals surface area contributed by atoms with Crippen LogP contribution in [0.15, 0.2) is 48.5 Å². The monoisotopic (exact) mass is 291 g/mol. The van der Waals surface area contributed by atoms with E-state index < -0.39 is 0 Å². The van der Waals surface area contributed by atoms with Crippen molar-refractivity contribution in [3.05, 3.63) is 65.2 Å². The Bertz CT molecular complexity index is 734. The number of nitrogens with one attached hydrogen (secondary N) is 1. The standard InChI is InChI=1S/C18H17N3O/c1-13(9-14-5-3-2-4-6-14)21-12-16-10-15(11-19)7-8-17(16)20-18(21)22/h2-8,10,13H,9,12H2,1H3,(H,20,22). The van der Waals surface area contributed by atoms with E-state index in [4.69, 9.17) is 5.26 Å². The van der Waals surface area contributed by atoms with Crippen LogP contribution in [0.2, 0.25) is 0 Å². The SMILES string of the molecule is CC(Cc1ccccc1)N1Cc2cc(C#N)ccc2NC1=O. The average molecular weight is 291 g/mol. The molecule has 2 amide bonds. The van der Waals surface area contributed by atoms with Crippen LogP contribution in [-0.2, 0) is 13.0 Å². The Kier molecular flexibility index (Phi) is 3.80. The predicted octanol–water partition coefficient (Wildman–Crippen LogP) is 3.54. The van der Waals surface area contributed by atoms with Crippen LogP contribution in [-0.4, -0.2) is 17.0 Å². The molecule has 1 aliphatic heterocycles. The molecule has 0 aliphatic carbocycles. The summed E-state index contributed by atoms with van der Waals surface area (Å²) in [6, 6.07) is 17.6. The molecular formula is C18H17N3O. The van der Waals surface area contributed by atoms with E-state index in [1.54, 1.807) is 12.1 Å². The lowest BCUT2D eigenvalue weighted by molar-refractivity contribution is 0.185. The van der Waals surface area contributed by atoms with E-state index >= 15 is 0 Å². The minimum absolute atomic E-state index is 0.0827. The molecule has 0 saturated heterocycles. The number of benzene rings is 2. The zero-order valence-electron chi connectivity index (χ0n) is 12.4. The molecule has 0 bridgehead atoms. The largest absolute Gasteiger partial charge is 0.322 e. The van der Waals surface area contributed by atoms with E-state index in [1.165, 1.54) is 5.56 Å². The third-order valence-corrected chi connectivity index (χ3v) is 3.98. The van der Waals surface area contributed by atoms with Gasteiger partial charge in [-0.25, -0.2) is 4.79 Å². The Morgan fingerprint density at radius 3 is 2.77 bits per heavy atom. The van der Waals surface area contributed by atoms with Crippen molar-refractivity contribution >= 4 is 11.7 Å². The number of nitrogens with zero attached hydrogens (tertiary/aromatic N) is 2. The number of urea groups is 1. The fraction of sp³-hybridized carbons (Fsp3) is 0.222. The van der Waals surface area contributed by atoms with Crippen LogP contribution >= 0.6 is 0 Å². The van der Waals surface area contributed by atoms with Crippen molar-refractivity contribution in [2.24, 2.45) is 0 Å². The number of amides is 2. The first kappa shape index (κ1) is 14.2. The van der Waals surface area contributed by atoms with Gasteiger partial charge in [0.05, 0.1) is 11.6 Å². The molecular weight excluding hydrogens is 274 g/mol. The first-order valence-corrected chi connectivity index (χ1v) is 7.32. The molecule has 2 aromatic rings. The Morgan fingerprint density at radius 2 is 2.05 bits per heavy atom. The number of hydrogen-bond acceptors (Lipinski definition) is 2. The van der Waals surface area contributed by atoms with E-state index in [0.29, 0.717) is 12.1 Å². The summed E-state index contributed by atoms with van der Waals surface area (Å²) in [6.45, 7) is 2.58. The molecule has 1 aliphatic rings. The van der Waals surface area contributed by atoms with Crippen molar-refractivity contribution in [3.8, 4) is 6.07 Å². The van der Waals surface area contributed by atoms with Crippen molar-refractivity contribution in [1.82, 2.24) is 4.90 Å². The molecule has 3 rings (SSSR count). The number of carbonyl (C=O) groups is 1. The highest BCUT2D eigenvalue weighted by atomic mass is 16.2. The first-order chi connectivity index (χ1) is 10.7. The topological polar surface area (TPSA) is 56.1 Å². The minimum atomic E-state index is -0.0827. The van der Waals surface area contributed by atoms with Gasteiger partial charge in [0, 0.05) is 18.3 Å². The summed E-state index contributed by atoms with van der Waals surface area (Å²) in [7, 11) is 0. The fourth-order valence-corrected chi connectivity index (χ4v) is 2.78.